The molecule has 1 aromatic rings. The van der Waals surface area contributed by atoms with E-state index in [1.165, 1.54) is 12.1 Å². The highest BCUT2D eigenvalue weighted by atomic mass is 19.2. The first-order valence-electron chi connectivity index (χ1n) is 6.49. The van der Waals surface area contributed by atoms with Crippen LogP contribution >= 0.6 is 0 Å². The molecule has 1 aliphatic rings. The van der Waals surface area contributed by atoms with Gasteiger partial charge in [0.25, 0.3) is 0 Å². The maximum atomic E-state index is 13.2. The molecule has 18 heavy (non-hydrogen) atoms. The van der Waals surface area contributed by atoms with Crippen LogP contribution in [0.25, 0.3) is 0 Å². The van der Waals surface area contributed by atoms with Gasteiger partial charge in [0, 0.05) is 13.2 Å². The van der Waals surface area contributed by atoms with Gasteiger partial charge in [-0.25, -0.2) is 8.78 Å². The fraction of sp³-hybridized carbons (Fsp3) is 0.571. The third-order valence-corrected chi connectivity index (χ3v) is 3.64. The van der Waals surface area contributed by atoms with E-state index in [1.807, 2.05) is 0 Å². The Morgan fingerprint density at radius 1 is 1.17 bits per heavy atom. The molecule has 1 heterocycles. The van der Waals surface area contributed by atoms with Crippen LogP contribution in [0.15, 0.2) is 18.2 Å². The van der Waals surface area contributed by atoms with Gasteiger partial charge in [0.1, 0.15) is 0 Å². The summed E-state index contributed by atoms with van der Waals surface area (Å²) in [7, 11) is 0. The first-order chi connectivity index (χ1) is 8.70. The van der Waals surface area contributed by atoms with E-state index in [1.54, 1.807) is 6.07 Å². The molecule has 100 valence electrons. The first kappa shape index (κ1) is 13.4. The number of benzene rings is 1. The molecule has 1 saturated heterocycles. The lowest BCUT2D eigenvalue weighted by Crippen LogP contribution is -2.34. The number of hydrogen-bond acceptors (Lipinski definition) is 2. The Kier molecular flexibility index (Phi) is 4.66. The minimum absolute atomic E-state index is 0.225. The summed E-state index contributed by atoms with van der Waals surface area (Å²) in [5, 5.41) is 8.78. The van der Waals surface area contributed by atoms with Crippen LogP contribution in [0, 0.1) is 11.6 Å². The van der Waals surface area contributed by atoms with E-state index in [0.717, 1.165) is 44.5 Å². The van der Waals surface area contributed by atoms with E-state index in [4.69, 9.17) is 5.11 Å². The van der Waals surface area contributed by atoms with Gasteiger partial charge in [-0.2, -0.15) is 0 Å². The maximum absolute atomic E-state index is 13.2. The van der Waals surface area contributed by atoms with Gasteiger partial charge in [-0.3, -0.25) is 0 Å². The summed E-state index contributed by atoms with van der Waals surface area (Å²) in [5.41, 5.74) is 0.899. The highest BCUT2D eigenvalue weighted by Crippen LogP contribution is 2.28. The second-order valence-corrected chi connectivity index (χ2v) is 4.87. The summed E-state index contributed by atoms with van der Waals surface area (Å²) in [6.45, 7) is 3.07. The Morgan fingerprint density at radius 3 is 2.50 bits per heavy atom. The SMILES string of the molecule is OCCCN1CCC(c2ccc(F)c(F)c2)CC1. The summed E-state index contributed by atoms with van der Waals surface area (Å²) in [4.78, 5) is 2.31. The molecule has 0 saturated carbocycles. The van der Waals surface area contributed by atoms with E-state index in [2.05, 4.69) is 4.90 Å². The lowest BCUT2D eigenvalue weighted by molar-refractivity contribution is 0.187. The molecule has 4 heteroatoms. The molecular weight excluding hydrogens is 236 g/mol. The Bertz CT molecular complexity index is 389. The van der Waals surface area contributed by atoms with Gasteiger partial charge >= 0.3 is 0 Å². The monoisotopic (exact) mass is 255 g/mol. The number of likely N-dealkylation sites (tertiary alicyclic amines) is 1. The van der Waals surface area contributed by atoms with Crippen molar-refractivity contribution in [2.75, 3.05) is 26.2 Å². The highest BCUT2D eigenvalue weighted by molar-refractivity contribution is 5.22. The molecule has 0 unspecified atom stereocenters. The van der Waals surface area contributed by atoms with Gasteiger partial charge in [-0.15, -0.1) is 0 Å². The molecule has 2 rings (SSSR count). The normalized spacial score (nSPS) is 18.2. The van der Waals surface area contributed by atoms with Gasteiger partial charge in [-0.1, -0.05) is 6.07 Å². The van der Waals surface area contributed by atoms with Crippen molar-refractivity contribution in [2.24, 2.45) is 0 Å². The number of nitrogens with zero attached hydrogens (tertiary/aromatic N) is 1. The minimum Gasteiger partial charge on any atom is -0.396 e. The van der Waals surface area contributed by atoms with Crippen LogP contribution < -0.4 is 0 Å². The zero-order valence-corrected chi connectivity index (χ0v) is 10.4. The number of rotatable bonds is 4. The predicted octanol–water partition coefficient (Wildman–Crippen LogP) is 2.53. The van der Waals surface area contributed by atoms with Crippen molar-refractivity contribution >= 4 is 0 Å². The van der Waals surface area contributed by atoms with Gasteiger partial charge in [-0.05, 0) is 56.0 Å². The lowest BCUT2D eigenvalue weighted by atomic mass is 9.89. The molecule has 1 aromatic carbocycles. The van der Waals surface area contributed by atoms with Crippen LogP contribution in [0.3, 0.4) is 0 Å². The smallest absolute Gasteiger partial charge is 0.159 e. The zero-order chi connectivity index (χ0) is 13.0. The standard InChI is InChI=1S/C14H19F2NO/c15-13-3-2-12(10-14(13)16)11-4-7-17(8-5-11)6-1-9-18/h2-3,10-11,18H,1,4-9H2. The fourth-order valence-corrected chi connectivity index (χ4v) is 2.55. The van der Waals surface area contributed by atoms with Crippen LogP contribution in [0.2, 0.25) is 0 Å². The average molecular weight is 255 g/mol. The molecule has 0 atom stereocenters. The molecule has 0 spiro atoms. The molecule has 0 bridgehead atoms. The summed E-state index contributed by atoms with van der Waals surface area (Å²) < 4.78 is 26.0. The van der Waals surface area contributed by atoms with Crippen molar-refractivity contribution in [1.82, 2.24) is 4.90 Å². The van der Waals surface area contributed by atoms with Crippen molar-refractivity contribution in [3.8, 4) is 0 Å². The summed E-state index contributed by atoms with van der Waals surface area (Å²) >= 11 is 0. The van der Waals surface area contributed by atoms with Crippen molar-refractivity contribution in [3.05, 3.63) is 35.4 Å². The molecule has 1 N–H and O–H groups in total. The molecular formula is C14H19F2NO. The van der Waals surface area contributed by atoms with E-state index in [-0.39, 0.29) is 6.61 Å². The topological polar surface area (TPSA) is 23.5 Å². The van der Waals surface area contributed by atoms with E-state index < -0.39 is 11.6 Å². The Hall–Kier alpha value is -1.00. The van der Waals surface area contributed by atoms with Crippen LogP contribution in [-0.2, 0) is 0 Å². The van der Waals surface area contributed by atoms with Crippen LogP contribution in [-0.4, -0.2) is 36.2 Å². The van der Waals surface area contributed by atoms with Crippen molar-refractivity contribution in [3.63, 3.8) is 0 Å². The Balaban J connectivity index is 1.90. The second-order valence-electron chi connectivity index (χ2n) is 4.87. The largest absolute Gasteiger partial charge is 0.396 e. The predicted molar refractivity (Wildman–Crippen MR) is 66.5 cm³/mol. The maximum Gasteiger partial charge on any atom is 0.159 e. The molecule has 0 aromatic heterocycles. The quantitative estimate of drug-likeness (QED) is 0.893. The molecule has 1 fully saturated rings. The lowest BCUT2D eigenvalue weighted by Gasteiger charge is -2.32. The van der Waals surface area contributed by atoms with Crippen molar-refractivity contribution in [2.45, 2.75) is 25.2 Å². The molecule has 1 aliphatic heterocycles. The van der Waals surface area contributed by atoms with Gasteiger partial charge in [0.15, 0.2) is 11.6 Å². The van der Waals surface area contributed by atoms with E-state index >= 15 is 0 Å². The molecule has 2 nitrogen and oxygen atoms in total. The minimum atomic E-state index is -0.779. The van der Waals surface area contributed by atoms with Crippen molar-refractivity contribution in [1.29, 1.82) is 0 Å². The second kappa shape index (κ2) is 6.25. The Labute approximate surface area is 106 Å². The average Bonchev–Trinajstić information content (AvgIpc) is 2.40. The third-order valence-electron chi connectivity index (χ3n) is 3.64. The zero-order valence-electron chi connectivity index (χ0n) is 10.4. The molecule has 0 aliphatic carbocycles. The number of hydrogen-bond donors (Lipinski definition) is 1. The van der Waals surface area contributed by atoms with Crippen LogP contribution in [0.4, 0.5) is 8.78 Å². The Morgan fingerprint density at radius 2 is 1.89 bits per heavy atom. The highest BCUT2D eigenvalue weighted by Gasteiger charge is 2.20. The third kappa shape index (κ3) is 3.27. The van der Waals surface area contributed by atoms with Gasteiger partial charge in [0.2, 0.25) is 0 Å². The summed E-state index contributed by atoms with van der Waals surface area (Å²) in [6.07, 6.45) is 2.74. The fourth-order valence-electron chi connectivity index (χ4n) is 2.55. The van der Waals surface area contributed by atoms with Gasteiger partial charge in [0.05, 0.1) is 0 Å². The van der Waals surface area contributed by atoms with Gasteiger partial charge < -0.3 is 10.0 Å². The van der Waals surface area contributed by atoms with E-state index in [0.29, 0.717) is 5.92 Å². The van der Waals surface area contributed by atoms with Crippen LogP contribution in [0.5, 0.6) is 0 Å². The number of halogens is 2. The number of aliphatic hydroxyl groups is 1. The van der Waals surface area contributed by atoms with E-state index in [9.17, 15) is 8.78 Å². The van der Waals surface area contributed by atoms with Crippen LogP contribution in [0.1, 0.15) is 30.7 Å². The number of piperidine rings is 1. The van der Waals surface area contributed by atoms with Crippen molar-refractivity contribution < 1.29 is 13.9 Å². The molecule has 0 amide bonds. The first-order valence-corrected chi connectivity index (χ1v) is 6.49. The summed E-state index contributed by atoms with van der Waals surface area (Å²) in [5.74, 6) is -1.21. The summed E-state index contributed by atoms with van der Waals surface area (Å²) in [6, 6.07) is 4.22. The number of aliphatic hydroxyl groups excluding tert-OH is 1. The molecule has 0 radical (unpaired) electrons.